The predicted octanol–water partition coefficient (Wildman–Crippen LogP) is 7.49. The molecule has 1 spiro atoms. The third-order valence-electron chi connectivity index (χ3n) is 8.13. The molecule has 2 fully saturated rings. The summed E-state index contributed by atoms with van der Waals surface area (Å²) in [5, 5.41) is 10.5. The topological polar surface area (TPSA) is 88.2 Å². The molecule has 214 valence electrons. The molecule has 40 heavy (non-hydrogen) atoms. The van der Waals surface area contributed by atoms with E-state index in [1.165, 1.54) is 19.0 Å². The molecule has 0 amide bonds. The van der Waals surface area contributed by atoms with Crippen LogP contribution in [0.15, 0.2) is 48.7 Å². The van der Waals surface area contributed by atoms with Gasteiger partial charge in [-0.2, -0.15) is 13.8 Å². The van der Waals surface area contributed by atoms with Crippen LogP contribution in [0, 0.1) is 5.41 Å². The zero-order valence-corrected chi connectivity index (χ0v) is 24.4. The number of aromatic nitrogens is 2. The molecule has 1 saturated heterocycles. The Balaban J connectivity index is 1.35. The van der Waals surface area contributed by atoms with Crippen molar-refractivity contribution in [3.63, 3.8) is 0 Å². The molecule has 0 bridgehead atoms. The Kier molecular flexibility index (Phi) is 8.64. The van der Waals surface area contributed by atoms with Crippen LogP contribution in [0.25, 0.3) is 0 Å². The molecule has 0 atom stereocenters. The number of piperidine rings is 1. The van der Waals surface area contributed by atoms with Crippen molar-refractivity contribution in [3.05, 3.63) is 59.2 Å². The molecular formula is C29H35ClF2N5O2P. The zero-order valence-electron chi connectivity index (χ0n) is 22.7. The van der Waals surface area contributed by atoms with E-state index in [9.17, 15) is 13.3 Å². The molecule has 3 aromatic rings. The molecule has 7 nitrogen and oxygen atoms in total. The first-order valence-electron chi connectivity index (χ1n) is 13.6. The largest absolute Gasteiger partial charge is 0.433 e. The fourth-order valence-corrected chi connectivity index (χ4v) is 7.22. The molecule has 0 radical (unpaired) electrons. The molecule has 1 aliphatic heterocycles. The van der Waals surface area contributed by atoms with Crippen molar-refractivity contribution in [1.82, 2.24) is 15.3 Å². The fourth-order valence-electron chi connectivity index (χ4n) is 5.92. The van der Waals surface area contributed by atoms with E-state index in [0.717, 1.165) is 44.3 Å². The monoisotopic (exact) mass is 589 g/mol. The number of hydrogen-bond acceptors (Lipinski definition) is 7. The van der Waals surface area contributed by atoms with Crippen molar-refractivity contribution in [3.8, 4) is 5.75 Å². The maximum Gasteiger partial charge on any atom is 0.387 e. The Labute approximate surface area is 238 Å². The maximum absolute atomic E-state index is 13.4. The van der Waals surface area contributed by atoms with Gasteiger partial charge in [-0.25, -0.2) is 4.98 Å². The first kappa shape index (κ1) is 28.8. The number of para-hydroxylation sites is 1. The van der Waals surface area contributed by atoms with Crippen molar-refractivity contribution >= 4 is 47.2 Å². The van der Waals surface area contributed by atoms with E-state index in [1.807, 2.05) is 18.2 Å². The van der Waals surface area contributed by atoms with Gasteiger partial charge in [0.05, 0.1) is 17.6 Å². The minimum absolute atomic E-state index is 0.0472. The van der Waals surface area contributed by atoms with Gasteiger partial charge >= 0.3 is 6.61 Å². The Morgan fingerprint density at radius 3 is 2.48 bits per heavy atom. The standard InChI is InChI=1S/C29H35ClF2N5O2P/c1-40(2,38)25-6-4-3-5-23(25)35-26-21(30)18-34-28(37-26)36-22-8-7-20(17-24(22)39-27(31)32)19-9-11-29(12-10-19)13-15-33-16-14-29/h3-8,17-19,27,33H,9-16H2,1-2H3,(H2,34,35,36,37). The smallest absolute Gasteiger partial charge is 0.387 e. The van der Waals surface area contributed by atoms with Crippen LogP contribution in [-0.2, 0) is 4.57 Å². The van der Waals surface area contributed by atoms with Crippen LogP contribution in [0.4, 0.5) is 31.9 Å². The lowest BCUT2D eigenvalue weighted by atomic mass is 9.65. The molecule has 1 aliphatic carbocycles. The summed E-state index contributed by atoms with van der Waals surface area (Å²) in [5.74, 6) is 0.802. The van der Waals surface area contributed by atoms with Crippen molar-refractivity contribution in [2.45, 2.75) is 51.1 Å². The number of nitrogens with one attached hydrogen (secondary N) is 3. The summed E-state index contributed by atoms with van der Waals surface area (Å²) in [7, 11) is -2.58. The third-order valence-corrected chi connectivity index (χ3v) is 9.96. The average molecular weight is 590 g/mol. The van der Waals surface area contributed by atoms with Crippen LogP contribution in [0.5, 0.6) is 5.75 Å². The minimum atomic E-state index is -2.97. The van der Waals surface area contributed by atoms with Crippen molar-refractivity contribution in [1.29, 1.82) is 0 Å². The Bertz CT molecular complexity index is 1390. The maximum atomic E-state index is 13.4. The molecular weight excluding hydrogens is 555 g/mol. The third kappa shape index (κ3) is 6.76. The number of anilines is 4. The number of alkyl halides is 2. The van der Waals surface area contributed by atoms with Crippen LogP contribution in [0.1, 0.15) is 50.0 Å². The number of ether oxygens (including phenoxy) is 1. The van der Waals surface area contributed by atoms with Gasteiger partial charge in [0.2, 0.25) is 5.95 Å². The molecule has 1 aromatic heterocycles. The molecule has 3 N–H and O–H groups in total. The molecule has 2 heterocycles. The highest BCUT2D eigenvalue weighted by Gasteiger charge is 2.36. The second-order valence-corrected chi connectivity index (χ2v) is 14.8. The number of halogens is 3. The highest BCUT2D eigenvalue weighted by molar-refractivity contribution is 7.70. The van der Waals surface area contributed by atoms with Crippen LogP contribution in [0.2, 0.25) is 5.02 Å². The van der Waals surface area contributed by atoms with E-state index in [4.69, 9.17) is 16.3 Å². The Hall–Kier alpha value is -2.74. The second-order valence-electron chi connectivity index (χ2n) is 11.2. The second kappa shape index (κ2) is 12.0. The summed E-state index contributed by atoms with van der Waals surface area (Å²) >= 11 is 6.36. The lowest BCUT2D eigenvalue weighted by Crippen LogP contribution is -2.38. The highest BCUT2D eigenvalue weighted by Crippen LogP contribution is 2.48. The van der Waals surface area contributed by atoms with E-state index in [-0.39, 0.29) is 16.7 Å². The van der Waals surface area contributed by atoms with Crippen molar-refractivity contribution < 1.29 is 18.1 Å². The first-order valence-corrected chi connectivity index (χ1v) is 16.6. The van der Waals surface area contributed by atoms with E-state index < -0.39 is 13.8 Å². The van der Waals surface area contributed by atoms with E-state index in [1.54, 1.807) is 37.6 Å². The summed E-state index contributed by atoms with van der Waals surface area (Å²) < 4.78 is 44.5. The summed E-state index contributed by atoms with van der Waals surface area (Å²) in [6, 6.07) is 12.7. The van der Waals surface area contributed by atoms with Gasteiger partial charge in [-0.05, 0) is 106 Å². The van der Waals surface area contributed by atoms with Gasteiger partial charge in [-0.3, -0.25) is 0 Å². The summed E-state index contributed by atoms with van der Waals surface area (Å²) in [5.41, 5.74) is 2.38. The SMILES string of the molecule is CP(C)(=O)c1ccccc1Nc1nc(Nc2ccc(C3CCC4(CCNCC4)CC3)cc2OC(F)F)ncc1Cl. The van der Waals surface area contributed by atoms with Crippen molar-refractivity contribution in [2.24, 2.45) is 5.41 Å². The summed E-state index contributed by atoms with van der Waals surface area (Å²) in [6.45, 7) is 2.56. The summed E-state index contributed by atoms with van der Waals surface area (Å²) in [6.07, 6.45) is 8.24. The molecule has 2 aliphatic rings. The molecule has 0 unspecified atom stereocenters. The Morgan fingerprint density at radius 1 is 1.05 bits per heavy atom. The fraction of sp³-hybridized carbons (Fsp3) is 0.448. The molecule has 2 aromatic carbocycles. The van der Waals surface area contributed by atoms with Gasteiger partial charge in [-0.15, -0.1) is 0 Å². The number of nitrogens with zero attached hydrogens (tertiary/aromatic N) is 2. The minimum Gasteiger partial charge on any atom is -0.433 e. The van der Waals surface area contributed by atoms with Crippen LogP contribution in [-0.4, -0.2) is 43.0 Å². The lowest BCUT2D eigenvalue weighted by Gasteiger charge is -2.43. The van der Waals surface area contributed by atoms with Gasteiger partial charge in [0.15, 0.2) is 5.82 Å². The van der Waals surface area contributed by atoms with Gasteiger partial charge in [0.25, 0.3) is 0 Å². The quantitative estimate of drug-likeness (QED) is 0.235. The predicted molar refractivity (Wildman–Crippen MR) is 158 cm³/mol. The van der Waals surface area contributed by atoms with E-state index in [2.05, 4.69) is 25.9 Å². The summed E-state index contributed by atoms with van der Waals surface area (Å²) in [4.78, 5) is 8.69. The van der Waals surface area contributed by atoms with Gasteiger partial charge in [0, 0.05) is 5.30 Å². The van der Waals surface area contributed by atoms with Crippen molar-refractivity contribution in [2.75, 3.05) is 37.1 Å². The van der Waals surface area contributed by atoms with Gasteiger partial charge < -0.3 is 25.3 Å². The molecule has 1 saturated carbocycles. The number of hydrogen-bond donors (Lipinski definition) is 3. The van der Waals surface area contributed by atoms with E-state index >= 15 is 0 Å². The highest BCUT2D eigenvalue weighted by atomic mass is 35.5. The molecule has 5 rings (SSSR count). The van der Waals surface area contributed by atoms with E-state index in [0.29, 0.717) is 33.8 Å². The van der Waals surface area contributed by atoms with Gasteiger partial charge in [-0.1, -0.05) is 29.8 Å². The average Bonchev–Trinajstić information content (AvgIpc) is 2.92. The zero-order chi connectivity index (χ0) is 28.3. The Morgan fingerprint density at radius 2 is 1.77 bits per heavy atom. The normalized spacial score (nSPS) is 17.6. The molecule has 11 heteroatoms. The lowest BCUT2D eigenvalue weighted by molar-refractivity contribution is -0.0494. The van der Waals surface area contributed by atoms with Gasteiger partial charge in [0.1, 0.15) is 17.9 Å². The number of benzene rings is 2. The van der Waals surface area contributed by atoms with Crippen LogP contribution >= 0.6 is 18.7 Å². The number of rotatable bonds is 8. The van der Waals surface area contributed by atoms with Crippen LogP contribution < -0.4 is 26.0 Å². The van der Waals surface area contributed by atoms with Crippen LogP contribution in [0.3, 0.4) is 0 Å². The first-order chi connectivity index (χ1) is 19.1.